The second-order valence-corrected chi connectivity index (χ2v) is 4.49. The van der Waals surface area contributed by atoms with Crippen LogP contribution in [0, 0.1) is 5.92 Å². The molecular weight excluding hydrogens is 230 g/mol. The fraction of sp³-hybridized carbons (Fsp3) is 0.429. The number of carbonyl (C=O) groups excluding carboxylic acids is 2. The third-order valence-electron chi connectivity index (χ3n) is 2.80. The molecule has 0 spiro atoms. The maximum atomic E-state index is 12.1. The van der Waals surface area contributed by atoms with Crippen molar-refractivity contribution in [2.24, 2.45) is 5.92 Å². The summed E-state index contributed by atoms with van der Waals surface area (Å²) in [6.07, 6.45) is 0.234. The average Bonchev–Trinajstić information content (AvgIpc) is 2.37. The van der Waals surface area contributed by atoms with Gasteiger partial charge in [-0.25, -0.2) is 0 Å². The second-order valence-electron chi connectivity index (χ2n) is 4.49. The lowest BCUT2D eigenvalue weighted by atomic mass is 9.96. The van der Waals surface area contributed by atoms with Crippen LogP contribution < -0.4 is 4.74 Å². The van der Waals surface area contributed by atoms with Gasteiger partial charge in [-0.3, -0.25) is 9.59 Å². The molecule has 0 heterocycles. The summed E-state index contributed by atoms with van der Waals surface area (Å²) in [4.78, 5) is 25.1. The van der Waals surface area contributed by atoms with Crippen molar-refractivity contribution in [2.75, 3.05) is 21.2 Å². The van der Waals surface area contributed by atoms with E-state index in [0.29, 0.717) is 11.3 Å². The number of ether oxygens (including phenoxy) is 1. The van der Waals surface area contributed by atoms with E-state index in [1.807, 2.05) is 0 Å². The average molecular weight is 249 g/mol. The molecule has 0 aromatic heterocycles. The Balaban J connectivity index is 2.70. The summed E-state index contributed by atoms with van der Waals surface area (Å²) in [6, 6.07) is 6.93. The van der Waals surface area contributed by atoms with E-state index in [2.05, 4.69) is 0 Å². The van der Waals surface area contributed by atoms with Gasteiger partial charge in [0.15, 0.2) is 5.78 Å². The largest absolute Gasteiger partial charge is 0.497 e. The van der Waals surface area contributed by atoms with Crippen LogP contribution >= 0.6 is 0 Å². The van der Waals surface area contributed by atoms with Gasteiger partial charge >= 0.3 is 0 Å². The smallest absolute Gasteiger partial charge is 0.222 e. The molecule has 1 aromatic carbocycles. The number of benzene rings is 1. The Hall–Kier alpha value is -1.84. The molecule has 0 unspecified atom stereocenters. The zero-order valence-corrected chi connectivity index (χ0v) is 11.3. The van der Waals surface area contributed by atoms with E-state index in [4.69, 9.17) is 4.74 Å². The number of hydrogen-bond acceptors (Lipinski definition) is 3. The van der Waals surface area contributed by atoms with E-state index in [1.165, 1.54) is 4.90 Å². The molecule has 1 rings (SSSR count). The van der Waals surface area contributed by atoms with Gasteiger partial charge in [0, 0.05) is 32.0 Å². The van der Waals surface area contributed by atoms with Crippen LogP contribution in [-0.2, 0) is 4.79 Å². The van der Waals surface area contributed by atoms with Crippen LogP contribution in [0.3, 0.4) is 0 Å². The predicted molar refractivity (Wildman–Crippen MR) is 69.8 cm³/mol. The fourth-order valence-corrected chi connectivity index (χ4v) is 1.58. The molecule has 1 atom stereocenters. The van der Waals surface area contributed by atoms with Gasteiger partial charge in [0.2, 0.25) is 5.91 Å². The van der Waals surface area contributed by atoms with E-state index < -0.39 is 0 Å². The lowest BCUT2D eigenvalue weighted by molar-refractivity contribution is -0.129. The van der Waals surface area contributed by atoms with Gasteiger partial charge < -0.3 is 9.64 Å². The van der Waals surface area contributed by atoms with Crippen LogP contribution in [0.15, 0.2) is 24.3 Å². The summed E-state index contributed by atoms with van der Waals surface area (Å²) in [7, 11) is 4.95. The summed E-state index contributed by atoms with van der Waals surface area (Å²) in [5.41, 5.74) is 0.606. The first-order valence-electron chi connectivity index (χ1n) is 5.84. The Labute approximate surface area is 108 Å². The summed E-state index contributed by atoms with van der Waals surface area (Å²) < 4.78 is 5.03. The standard InChI is InChI=1S/C14H19NO3/c1-10(9-13(16)15(2)3)14(17)11-5-7-12(18-4)8-6-11/h5-8,10H,9H2,1-4H3/t10-/m0/s1. The normalized spacial score (nSPS) is 11.8. The number of carbonyl (C=O) groups is 2. The predicted octanol–water partition coefficient (Wildman–Crippen LogP) is 1.99. The second kappa shape index (κ2) is 6.19. The minimum absolute atomic E-state index is 0.0205. The van der Waals surface area contributed by atoms with Gasteiger partial charge in [0.05, 0.1) is 7.11 Å². The number of hydrogen-bond donors (Lipinski definition) is 0. The molecule has 0 aliphatic rings. The molecule has 18 heavy (non-hydrogen) atoms. The van der Waals surface area contributed by atoms with Crippen molar-refractivity contribution in [3.63, 3.8) is 0 Å². The molecule has 1 amide bonds. The summed E-state index contributed by atoms with van der Waals surface area (Å²) in [5.74, 6) is 0.342. The Morgan fingerprint density at radius 2 is 1.78 bits per heavy atom. The Morgan fingerprint density at radius 3 is 2.22 bits per heavy atom. The van der Waals surface area contributed by atoms with Crippen molar-refractivity contribution in [2.45, 2.75) is 13.3 Å². The van der Waals surface area contributed by atoms with E-state index >= 15 is 0 Å². The van der Waals surface area contributed by atoms with Gasteiger partial charge in [-0.15, -0.1) is 0 Å². The first-order chi connectivity index (χ1) is 8.45. The molecule has 0 saturated carbocycles. The van der Waals surface area contributed by atoms with Gasteiger partial charge in [-0.2, -0.15) is 0 Å². The van der Waals surface area contributed by atoms with Crippen molar-refractivity contribution in [1.82, 2.24) is 4.90 Å². The van der Waals surface area contributed by atoms with Crippen molar-refractivity contribution in [3.05, 3.63) is 29.8 Å². The van der Waals surface area contributed by atoms with Crippen LogP contribution in [0.2, 0.25) is 0 Å². The zero-order chi connectivity index (χ0) is 13.7. The van der Waals surface area contributed by atoms with Crippen LogP contribution in [0.4, 0.5) is 0 Å². The van der Waals surface area contributed by atoms with E-state index in [0.717, 1.165) is 0 Å². The summed E-state index contributed by atoms with van der Waals surface area (Å²) in [5, 5.41) is 0. The summed E-state index contributed by atoms with van der Waals surface area (Å²) >= 11 is 0. The lowest BCUT2D eigenvalue weighted by Gasteiger charge is -2.14. The molecule has 0 aliphatic carbocycles. The summed E-state index contributed by atoms with van der Waals surface area (Å²) in [6.45, 7) is 1.77. The minimum Gasteiger partial charge on any atom is -0.497 e. The van der Waals surface area contributed by atoms with E-state index in [9.17, 15) is 9.59 Å². The molecule has 0 bridgehead atoms. The third-order valence-corrected chi connectivity index (χ3v) is 2.80. The number of ketones is 1. The number of amides is 1. The van der Waals surface area contributed by atoms with Crippen LogP contribution in [0.5, 0.6) is 5.75 Å². The minimum atomic E-state index is -0.312. The molecule has 4 nitrogen and oxygen atoms in total. The molecule has 1 aromatic rings. The highest BCUT2D eigenvalue weighted by molar-refractivity contribution is 5.99. The highest BCUT2D eigenvalue weighted by atomic mass is 16.5. The monoisotopic (exact) mass is 249 g/mol. The van der Waals surface area contributed by atoms with Gasteiger partial charge in [0.1, 0.15) is 5.75 Å². The van der Waals surface area contributed by atoms with E-state index in [-0.39, 0.29) is 24.0 Å². The van der Waals surface area contributed by atoms with Crippen molar-refractivity contribution < 1.29 is 14.3 Å². The highest BCUT2D eigenvalue weighted by Gasteiger charge is 2.19. The van der Waals surface area contributed by atoms with Crippen LogP contribution in [0.25, 0.3) is 0 Å². The number of methoxy groups -OCH3 is 1. The lowest BCUT2D eigenvalue weighted by Crippen LogP contribution is -2.26. The Morgan fingerprint density at radius 1 is 1.22 bits per heavy atom. The molecule has 0 radical (unpaired) electrons. The molecule has 98 valence electrons. The maximum Gasteiger partial charge on any atom is 0.222 e. The van der Waals surface area contributed by atoms with Gasteiger partial charge in [0.25, 0.3) is 0 Å². The molecule has 0 aliphatic heterocycles. The topological polar surface area (TPSA) is 46.6 Å². The van der Waals surface area contributed by atoms with Crippen molar-refractivity contribution in [1.29, 1.82) is 0 Å². The molecule has 0 fully saturated rings. The number of Topliss-reactive ketones (excluding diaryl/α,β-unsaturated/α-hetero) is 1. The first-order valence-corrected chi connectivity index (χ1v) is 5.84. The molecule has 0 saturated heterocycles. The van der Waals surface area contributed by atoms with E-state index in [1.54, 1.807) is 52.4 Å². The SMILES string of the molecule is COc1ccc(C(=O)[C@@H](C)CC(=O)N(C)C)cc1. The maximum absolute atomic E-state index is 12.1. The molecular formula is C14H19NO3. The quantitative estimate of drug-likeness (QED) is 0.750. The van der Waals surface area contributed by atoms with Gasteiger partial charge in [-0.05, 0) is 24.3 Å². The number of nitrogens with zero attached hydrogens (tertiary/aromatic N) is 1. The Bertz CT molecular complexity index is 423. The van der Waals surface area contributed by atoms with Gasteiger partial charge in [-0.1, -0.05) is 6.92 Å². The van der Waals surface area contributed by atoms with Crippen molar-refractivity contribution >= 4 is 11.7 Å². The van der Waals surface area contributed by atoms with Crippen LogP contribution in [0.1, 0.15) is 23.7 Å². The molecule has 0 N–H and O–H groups in total. The fourth-order valence-electron chi connectivity index (χ4n) is 1.58. The first kappa shape index (κ1) is 14.2. The van der Waals surface area contributed by atoms with Crippen LogP contribution in [-0.4, -0.2) is 37.8 Å². The zero-order valence-electron chi connectivity index (χ0n) is 11.3. The Kier molecular flexibility index (Phi) is 4.89. The molecule has 4 heteroatoms. The highest BCUT2D eigenvalue weighted by Crippen LogP contribution is 2.16. The third kappa shape index (κ3) is 3.58. The van der Waals surface area contributed by atoms with Crippen molar-refractivity contribution in [3.8, 4) is 5.75 Å². The number of rotatable bonds is 5.